The van der Waals surface area contributed by atoms with E-state index in [1.807, 2.05) is 19.9 Å². The highest BCUT2D eigenvalue weighted by Gasteiger charge is 2.11. The lowest BCUT2D eigenvalue weighted by molar-refractivity contribution is 0.102. The molecule has 0 aliphatic carbocycles. The van der Waals surface area contributed by atoms with Crippen molar-refractivity contribution in [2.75, 3.05) is 5.32 Å². The van der Waals surface area contributed by atoms with Crippen molar-refractivity contribution in [1.82, 2.24) is 9.97 Å². The maximum atomic E-state index is 13.7. The Morgan fingerprint density at radius 1 is 1.00 bits per heavy atom. The van der Waals surface area contributed by atoms with Gasteiger partial charge < -0.3 is 10.1 Å². The second-order valence-corrected chi connectivity index (χ2v) is 5.50. The lowest BCUT2D eigenvalue weighted by Crippen LogP contribution is -2.13. The van der Waals surface area contributed by atoms with Crippen molar-refractivity contribution < 1.29 is 13.9 Å². The van der Waals surface area contributed by atoms with Crippen LogP contribution in [0.5, 0.6) is 11.8 Å². The molecule has 1 heterocycles. The highest BCUT2D eigenvalue weighted by Crippen LogP contribution is 2.23. The number of nitrogens with zero attached hydrogens (tertiary/aromatic N) is 2. The Morgan fingerprint density at radius 2 is 1.72 bits per heavy atom. The maximum Gasteiger partial charge on any atom is 0.322 e. The molecular weight excluding hydrogens is 321 g/mol. The zero-order valence-corrected chi connectivity index (χ0v) is 13.8. The van der Waals surface area contributed by atoms with Crippen LogP contribution >= 0.6 is 0 Å². The molecule has 0 aliphatic heterocycles. The number of rotatable bonds is 4. The van der Waals surface area contributed by atoms with Crippen LogP contribution in [0.25, 0.3) is 0 Å². The van der Waals surface area contributed by atoms with Gasteiger partial charge in [0.25, 0.3) is 5.91 Å². The summed E-state index contributed by atoms with van der Waals surface area (Å²) in [4.78, 5) is 20.6. The number of amides is 1. The molecule has 0 fully saturated rings. The molecule has 5 nitrogen and oxygen atoms in total. The summed E-state index contributed by atoms with van der Waals surface area (Å²) in [7, 11) is 0. The molecule has 1 aromatic heterocycles. The van der Waals surface area contributed by atoms with Crippen molar-refractivity contribution in [2.45, 2.75) is 13.8 Å². The van der Waals surface area contributed by atoms with Crippen LogP contribution in [0.15, 0.2) is 54.6 Å². The summed E-state index contributed by atoms with van der Waals surface area (Å²) < 4.78 is 19.3. The molecule has 0 spiro atoms. The summed E-state index contributed by atoms with van der Waals surface area (Å²) in [5.74, 6) is -0.634. The Kier molecular flexibility index (Phi) is 4.70. The van der Waals surface area contributed by atoms with Crippen LogP contribution in [0.1, 0.15) is 21.7 Å². The van der Waals surface area contributed by atoms with Crippen molar-refractivity contribution in [3.05, 3.63) is 77.4 Å². The molecule has 0 saturated carbocycles. The second-order valence-electron chi connectivity index (χ2n) is 5.50. The number of carbonyl (C=O) groups excluding carboxylic acids is 1. The van der Waals surface area contributed by atoms with Crippen LogP contribution in [0, 0.1) is 19.7 Å². The third kappa shape index (κ3) is 4.17. The van der Waals surface area contributed by atoms with Gasteiger partial charge in [-0.15, -0.1) is 0 Å². The van der Waals surface area contributed by atoms with Crippen LogP contribution in [0.4, 0.5) is 10.1 Å². The average molecular weight is 337 g/mol. The number of aryl methyl sites for hydroxylation is 2. The lowest BCUT2D eigenvalue weighted by Gasteiger charge is -2.09. The van der Waals surface area contributed by atoms with Crippen molar-refractivity contribution in [3.8, 4) is 11.8 Å². The predicted octanol–water partition coefficient (Wildman–Crippen LogP) is 4.28. The summed E-state index contributed by atoms with van der Waals surface area (Å²) in [6.45, 7) is 3.71. The average Bonchev–Trinajstić information content (AvgIpc) is 2.54. The summed E-state index contributed by atoms with van der Waals surface area (Å²) in [6.07, 6.45) is 0. The Balaban J connectivity index is 1.77. The highest BCUT2D eigenvalue weighted by molar-refractivity contribution is 6.04. The van der Waals surface area contributed by atoms with Gasteiger partial charge in [0, 0.05) is 23.1 Å². The summed E-state index contributed by atoms with van der Waals surface area (Å²) in [5.41, 5.74) is 2.06. The summed E-state index contributed by atoms with van der Waals surface area (Å²) in [5, 5.41) is 2.65. The van der Waals surface area contributed by atoms with E-state index < -0.39 is 11.7 Å². The van der Waals surface area contributed by atoms with Crippen LogP contribution in [-0.4, -0.2) is 15.9 Å². The van der Waals surface area contributed by atoms with Gasteiger partial charge in [0.2, 0.25) is 0 Å². The van der Waals surface area contributed by atoms with Crippen LogP contribution in [0.3, 0.4) is 0 Å². The first-order valence-corrected chi connectivity index (χ1v) is 7.67. The minimum atomic E-state index is -0.573. The second kappa shape index (κ2) is 7.09. The largest absolute Gasteiger partial charge is 0.424 e. The van der Waals surface area contributed by atoms with E-state index in [-0.39, 0.29) is 11.6 Å². The first-order chi connectivity index (χ1) is 12.0. The van der Waals surface area contributed by atoms with E-state index in [4.69, 9.17) is 4.74 Å². The number of hydrogen-bond acceptors (Lipinski definition) is 4. The van der Waals surface area contributed by atoms with Gasteiger partial charge in [-0.3, -0.25) is 4.79 Å². The van der Waals surface area contributed by atoms with Gasteiger partial charge >= 0.3 is 6.01 Å². The molecule has 6 heteroatoms. The van der Waals surface area contributed by atoms with Gasteiger partial charge in [0.05, 0.1) is 5.56 Å². The predicted molar refractivity (Wildman–Crippen MR) is 92.4 cm³/mol. The van der Waals surface area contributed by atoms with Gasteiger partial charge in [0.15, 0.2) is 0 Å². The molecule has 0 unspecified atom stereocenters. The van der Waals surface area contributed by atoms with E-state index in [0.717, 1.165) is 11.4 Å². The molecule has 0 aliphatic rings. The minimum absolute atomic E-state index is 0.0218. The third-order valence-corrected chi connectivity index (χ3v) is 3.38. The molecule has 0 saturated heterocycles. The topological polar surface area (TPSA) is 64.1 Å². The Bertz CT molecular complexity index is 908. The third-order valence-electron chi connectivity index (χ3n) is 3.38. The van der Waals surface area contributed by atoms with Crippen molar-refractivity contribution in [2.24, 2.45) is 0 Å². The lowest BCUT2D eigenvalue weighted by atomic mass is 10.2. The highest BCUT2D eigenvalue weighted by atomic mass is 19.1. The van der Waals surface area contributed by atoms with E-state index in [9.17, 15) is 9.18 Å². The fourth-order valence-corrected chi connectivity index (χ4v) is 2.33. The molecular formula is C19H16FN3O2. The number of anilines is 1. The van der Waals surface area contributed by atoms with Gasteiger partial charge in [-0.25, -0.2) is 14.4 Å². The molecule has 3 aromatic rings. The maximum absolute atomic E-state index is 13.7. The monoisotopic (exact) mass is 337 g/mol. The Morgan fingerprint density at radius 3 is 2.44 bits per heavy atom. The smallest absolute Gasteiger partial charge is 0.322 e. The van der Waals surface area contributed by atoms with E-state index >= 15 is 0 Å². The number of carbonyl (C=O) groups is 1. The fourth-order valence-electron chi connectivity index (χ4n) is 2.33. The Labute approximate surface area is 144 Å². The normalized spacial score (nSPS) is 10.4. The van der Waals surface area contributed by atoms with Gasteiger partial charge in [0.1, 0.15) is 11.6 Å². The fraction of sp³-hybridized carbons (Fsp3) is 0.105. The molecule has 25 heavy (non-hydrogen) atoms. The summed E-state index contributed by atoms with van der Waals surface area (Å²) >= 11 is 0. The first-order valence-electron chi connectivity index (χ1n) is 7.67. The van der Waals surface area contributed by atoms with E-state index in [1.54, 1.807) is 30.3 Å². The van der Waals surface area contributed by atoms with Crippen molar-refractivity contribution >= 4 is 11.6 Å². The molecule has 0 bridgehead atoms. The molecule has 1 N–H and O–H groups in total. The standard InChI is InChI=1S/C19H16FN3O2/c1-12-10-13(2)22-19(21-12)25-15-7-5-6-14(11-15)23-18(24)16-8-3-4-9-17(16)20/h3-11H,1-2H3,(H,23,24). The number of halogens is 1. The molecule has 126 valence electrons. The van der Waals surface area contributed by atoms with Crippen molar-refractivity contribution in [3.63, 3.8) is 0 Å². The van der Waals surface area contributed by atoms with Crippen LogP contribution in [0.2, 0.25) is 0 Å². The molecule has 0 radical (unpaired) electrons. The molecule has 1 amide bonds. The number of ether oxygens (including phenoxy) is 1. The SMILES string of the molecule is Cc1cc(C)nc(Oc2cccc(NC(=O)c3ccccc3F)c2)n1. The first kappa shape index (κ1) is 16.6. The number of nitrogens with one attached hydrogen (secondary N) is 1. The number of benzene rings is 2. The van der Waals surface area contributed by atoms with Crippen LogP contribution in [-0.2, 0) is 0 Å². The van der Waals surface area contributed by atoms with Crippen molar-refractivity contribution in [1.29, 1.82) is 0 Å². The quantitative estimate of drug-likeness (QED) is 0.772. The van der Waals surface area contributed by atoms with E-state index in [1.165, 1.54) is 18.2 Å². The molecule has 3 rings (SSSR count). The summed E-state index contributed by atoms with van der Waals surface area (Å²) in [6, 6.07) is 14.6. The van der Waals surface area contributed by atoms with Gasteiger partial charge in [-0.05, 0) is 44.2 Å². The van der Waals surface area contributed by atoms with E-state index in [2.05, 4.69) is 15.3 Å². The zero-order chi connectivity index (χ0) is 17.8. The number of hydrogen-bond donors (Lipinski definition) is 1. The molecule has 2 aromatic carbocycles. The minimum Gasteiger partial charge on any atom is -0.424 e. The zero-order valence-electron chi connectivity index (χ0n) is 13.8. The van der Waals surface area contributed by atoms with Gasteiger partial charge in [-0.2, -0.15) is 0 Å². The van der Waals surface area contributed by atoms with Crippen LogP contribution < -0.4 is 10.1 Å². The Hall–Kier alpha value is -3.28. The van der Waals surface area contributed by atoms with E-state index in [0.29, 0.717) is 11.4 Å². The molecule has 0 atom stereocenters. The number of aromatic nitrogens is 2. The van der Waals surface area contributed by atoms with Gasteiger partial charge in [-0.1, -0.05) is 18.2 Å².